The van der Waals surface area contributed by atoms with Crippen molar-refractivity contribution >= 4 is 5.97 Å². The van der Waals surface area contributed by atoms with E-state index in [1.54, 1.807) is 49.4 Å². The van der Waals surface area contributed by atoms with Crippen LogP contribution >= 0.6 is 0 Å². The Morgan fingerprint density at radius 3 is 2.53 bits per heavy atom. The molecular weight excluding hydrogens is 218 g/mol. The standard InChI is InChI=1S/C13H17NO3/c1-4-9-14(2)12(13(15)16)10-5-7-11(17-3)8-6-10/h4-8,12H,1,9H2,2-3H3,(H,15,16)/t12-/m0/s1. The lowest BCUT2D eigenvalue weighted by Gasteiger charge is -2.23. The van der Waals surface area contributed by atoms with Crippen LogP contribution in [-0.4, -0.2) is 36.7 Å². The number of nitrogens with zero attached hydrogens (tertiary/aromatic N) is 1. The molecule has 0 fully saturated rings. The van der Waals surface area contributed by atoms with E-state index in [2.05, 4.69) is 6.58 Å². The molecule has 0 aromatic heterocycles. The molecule has 17 heavy (non-hydrogen) atoms. The van der Waals surface area contributed by atoms with Crippen LogP contribution in [0.2, 0.25) is 0 Å². The molecular formula is C13H17NO3. The van der Waals surface area contributed by atoms with Gasteiger partial charge in [-0.15, -0.1) is 6.58 Å². The lowest BCUT2D eigenvalue weighted by molar-refractivity contribution is -0.142. The minimum absolute atomic E-state index is 0.517. The maximum Gasteiger partial charge on any atom is 0.325 e. The summed E-state index contributed by atoms with van der Waals surface area (Å²) < 4.78 is 5.04. The highest BCUT2D eigenvalue weighted by Crippen LogP contribution is 2.22. The molecule has 0 unspecified atom stereocenters. The van der Waals surface area contributed by atoms with E-state index in [1.165, 1.54) is 0 Å². The smallest absolute Gasteiger partial charge is 0.325 e. The largest absolute Gasteiger partial charge is 0.497 e. The average Bonchev–Trinajstić information content (AvgIpc) is 2.30. The van der Waals surface area contributed by atoms with Crippen LogP contribution in [0.3, 0.4) is 0 Å². The lowest BCUT2D eigenvalue weighted by atomic mass is 10.1. The van der Waals surface area contributed by atoms with Crippen LogP contribution in [0.4, 0.5) is 0 Å². The van der Waals surface area contributed by atoms with E-state index in [0.29, 0.717) is 12.3 Å². The first kappa shape index (κ1) is 13.3. The molecule has 0 aliphatic rings. The monoisotopic (exact) mass is 235 g/mol. The second-order valence-corrected chi connectivity index (χ2v) is 3.74. The van der Waals surface area contributed by atoms with Crippen LogP contribution in [0.15, 0.2) is 36.9 Å². The van der Waals surface area contributed by atoms with Gasteiger partial charge in [0.05, 0.1) is 7.11 Å². The Morgan fingerprint density at radius 2 is 2.12 bits per heavy atom. The number of hydrogen-bond donors (Lipinski definition) is 1. The Labute approximate surface area is 101 Å². The van der Waals surface area contributed by atoms with Gasteiger partial charge in [-0.2, -0.15) is 0 Å². The molecule has 0 aliphatic heterocycles. The van der Waals surface area contributed by atoms with Gasteiger partial charge in [-0.05, 0) is 24.7 Å². The fourth-order valence-electron chi connectivity index (χ4n) is 1.68. The first-order valence-electron chi connectivity index (χ1n) is 5.28. The van der Waals surface area contributed by atoms with E-state index < -0.39 is 12.0 Å². The normalized spacial score (nSPS) is 12.2. The Kier molecular flexibility index (Phi) is 4.72. The Hall–Kier alpha value is -1.81. The van der Waals surface area contributed by atoms with Gasteiger partial charge in [0.15, 0.2) is 0 Å². The molecule has 4 nitrogen and oxygen atoms in total. The molecule has 0 bridgehead atoms. The summed E-state index contributed by atoms with van der Waals surface area (Å²) in [5.74, 6) is -0.163. The summed E-state index contributed by atoms with van der Waals surface area (Å²) in [6.45, 7) is 4.13. The molecule has 1 atom stereocenters. The lowest BCUT2D eigenvalue weighted by Crippen LogP contribution is -2.30. The summed E-state index contributed by atoms with van der Waals surface area (Å²) in [7, 11) is 3.33. The Balaban J connectivity index is 2.96. The van der Waals surface area contributed by atoms with Gasteiger partial charge in [-0.1, -0.05) is 18.2 Å². The topological polar surface area (TPSA) is 49.8 Å². The van der Waals surface area contributed by atoms with Crippen LogP contribution in [0.5, 0.6) is 5.75 Å². The molecule has 0 saturated carbocycles. The zero-order valence-corrected chi connectivity index (χ0v) is 10.1. The summed E-state index contributed by atoms with van der Waals surface area (Å²) in [5.41, 5.74) is 0.725. The van der Waals surface area contributed by atoms with Crippen molar-refractivity contribution in [2.24, 2.45) is 0 Å². The second kappa shape index (κ2) is 6.06. The third-order valence-corrected chi connectivity index (χ3v) is 2.52. The predicted octanol–water partition coefficient (Wildman–Crippen LogP) is 1.94. The Bertz CT molecular complexity index is 386. The highest BCUT2D eigenvalue weighted by Gasteiger charge is 2.23. The molecule has 1 rings (SSSR count). The number of carbonyl (C=O) groups is 1. The van der Waals surface area contributed by atoms with Crippen molar-refractivity contribution in [3.8, 4) is 5.75 Å². The quantitative estimate of drug-likeness (QED) is 0.765. The van der Waals surface area contributed by atoms with Gasteiger partial charge in [-0.3, -0.25) is 9.69 Å². The van der Waals surface area contributed by atoms with Gasteiger partial charge in [0, 0.05) is 6.54 Å². The molecule has 1 N–H and O–H groups in total. The minimum atomic E-state index is -0.875. The van der Waals surface area contributed by atoms with Crippen LogP contribution in [-0.2, 0) is 4.79 Å². The van der Waals surface area contributed by atoms with Gasteiger partial charge >= 0.3 is 5.97 Å². The van der Waals surface area contributed by atoms with E-state index >= 15 is 0 Å². The molecule has 1 aromatic rings. The van der Waals surface area contributed by atoms with Gasteiger partial charge in [0.25, 0.3) is 0 Å². The molecule has 92 valence electrons. The highest BCUT2D eigenvalue weighted by molar-refractivity contribution is 5.75. The minimum Gasteiger partial charge on any atom is -0.497 e. The zero-order valence-electron chi connectivity index (χ0n) is 10.1. The van der Waals surface area contributed by atoms with Crippen molar-refractivity contribution in [3.05, 3.63) is 42.5 Å². The van der Waals surface area contributed by atoms with Gasteiger partial charge in [0.2, 0.25) is 0 Å². The third kappa shape index (κ3) is 3.32. The van der Waals surface area contributed by atoms with Gasteiger partial charge < -0.3 is 9.84 Å². The molecule has 0 spiro atoms. The number of ether oxygens (including phenoxy) is 1. The molecule has 1 aromatic carbocycles. The first-order chi connectivity index (χ1) is 8.10. The summed E-state index contributed by atoms with van der Waals surface area (Å²) >= 11 is 0. The number of benzene rings is 1. The van der Waals surface area contributed by atoms with E-state index in [0.717, 1.165) is 5.56 Å². The van der Waals surface area contributed by atoms with Crippen LogP contribution < -0.4 is 4.74 Å². The fourth-order valence-corrected chi connectivity index (χ4v) is 1.68. The first-order valence-corrected chi connectivity index (χ1v) is 5.28. The van der Waals surface area contributed by atoms with E-state index in [1.807, 2.05) is 0 Å². The third-order valence-electron chi connectivity index (χ3n) is 2.52. The predicted molar refractivity (Wildman–Crippen MR) is 66.2 cm³/mol. The van der Waals surface area contributed by atoms with E-state index in [4.69, 9.17) is 4.74 Å². The summed E-state index contributed by atoms with van der Waals surface area (Å²) in [5, 5.41) is 9.24. The van der Waals surface area contributed by atoms with Crippen molar-refractivity contribution in [2.75, 3.05) is 20.7 Å². The summed E-state index contributed by atoms with van der Waals surface area (Å²) in [6, 6.07) is 6.37. The van der Waals surface area contributed by atoms with Crippen molar-refractivity contribution in [1.29, 1.82) is 0 Å². The molecule has 4 heteroatoms. The number of carboxylic acid groups (broad SMARTS) is 1. The van der Waals surface area contributed by atoms with Crippen molar-refractivity contribution in [3.63, 3.8) is 0 Å². The maximum atomic E-state index is 11.3. The fraction of sp³-hybridized carbons (Fsp3) is 0.308. The van der Waals surface area contributed by atoms with Crippen molar-refractivity contribution in [2.45, 2.75) is 6.04 Å². The van der Waals surface area contributed by atoms with Crippen LogP contribution in [0.1, 0.15) is 11.6 Å². The zero-order chi connectivity index (χ0) is 12.8. The molecule has 0 aliphatic carbocycles. The summed E-state index contributed by atoms with van der Waals surface area (Å²) in [6.07, 6.45) is 1.68. The number of methoxy groups -OCH3 is 1. The number of likely N-dealkylation sites (N-methyl/N-ethyl adjacent to an activating group) is 1. The van der Waals surface area contributed by atoms with Gasteiger partial charge in [-0.25, -0.2) is 0 Å². The van der Waals surface area contributed by atoms with E-state index in [-0.39, 0.29) is 0 Å². The number of aliphatic carboxylic acids is 1. The molecule has 0 radical (unpaired) electrons. The van der Waals surface area contributed by atoms with Crippen molar-refractivity contribution in [1.82, 2.24) is 4.90 Å². The van der Waals surface area contributed by atoms with E-state index in [9.17, 15) is 9.90 Å². The molecule has 0 amide bonds. The Morgan fingerprint density at radius 1 is 1.53 bits per heavy atom. The van der Waals surface area contributed by atoms with Crippen molar-refractivity contribution < 1.29 is 14.6 Å². The maximum absolute atomic E-state index is 11.3. The summed E-state index contributed by atoms with van der Waals surface area (Å²) in [4.78, 5) is 13.0. The molecule has 0 heterocycles. The average molecular weight is 235 g/mol. The number of carboxylic acids is 1. The molecule has 0 saturated heterocycles. The number of rotatable bonds is 6. The second-order valence-electron chi connectivity index (χ2n) is 3.74. The van der Waals surface area contributed by atoms with Crippen LogP contribution in [0, 0.1) is 0 Å². The SMILES string of the molecule is C=CCN(C)[C@H](C(=O)O)c1ccc(OC)cc1. The van der Waals surface area contributed by atoms with Crippen LogP contribution in [0.25, 0.3) is 0 Å². The highest BCUT2D eigenvalue weighted by atomic mass is 16.5. The number of hydrogen-bond acceptors (Lipinski definition) is 3. The van der Waals surface area contributed by atoms with Gasteiger partial charge in [0.1, 0.15) is 11.8 Å².